The molecule has 0 bridgehead atoms. The molecule has 0 spiro atoms. The van der Waals surface area contributed by atoms with Gasteiger partial charge in [0.25, 0.3) is 0 Å². The molecule has 0 aromatic heterocycles. The summed E-state index contributed by atoms with van der Waals surface area (Å²) in [7, 11) is 3.94. The standard InChI is InChI=1S/C16H18F2N2/c1-11-9-12(20(2)3)7-8-16(11)19-10-13-14(17)5-4-6-15(13)18/h4-9,19H,10H2,1-3H3. The largest absolute Gasteiger partial charge is 0.381 e. The lowest BCUT2D eigenvalue weighted by atomic mass is 10.1. The minimum Gasteiger partial charge on any atom is -0.381 e. The normalized spacial score (nSPS) is 10.4. The van der Waals surface area contributed by atoms with Gasteiger partial charge < -0.3 is 10.2 Å². The van der Waals surface area contributed by atoms with Gasteiger partial charge >= 0.3 is 0 Å². The Hall–Kier alpha value is -2.10. The maximum absolute atomic E-state index is 13.5. The molecular formula is C16H18F2N2. The van der Waals surface area contributed by atoms with Crippen LogP contribution in [0.1, 0.15) is 11.1 Å². The zero-order valence-corrected chi connectivity index (χ0v) is 11.9. The van der Waals surface area contributed by atoms with E-state index in [2.05, 4.69) is 5.32 Å². The van der Waals surface area contributed by atoms with E-state index in [0.29, 0.717) is 0 Å². The van der Waals surface area contributed by atoms with Gasteiger partial charge in [0.1, 0.15) is 11.6 Å². The van der Waals surface area contributed by atoms with Gasteiger partial charge in [0, 0.05) is 37.6 Å². The van der Waals surface area contributed by atoms with Gasteiger partial charge in [-0.2, -0.15) is 0 Å². The number of nitrogens with zero attached hydrogens (tertiary/aromatic N) is 1. The number of halogens is 2. The number of benzene rings is 2. The van der Waals surface area contributed by atoms with Crippen LogP contribution in [0.15, 0.2) is 36.4 Å². The zero-order chi connectivity index (χ0) is 14.7. The van der Waals surface area contributed by atoms with Crippen molar-refractivity contribution in [2.24, 2.45) is 0 Å². The van der Waals surface area contributed by atoms with Crippen LogP contribution in [0.25, 0.3) is 0 Å². The first-order valence-electron chi connectivity index (χ1n) is 6.44. The van der Waals surface area contributed by atoms with E-state index in [-0.39, 0.29) is 12.1 Å². The molecule has 2 nitrogen and oxygen atoms in total. The summed E-state index contributed by atoms with van der Waals surface area (Å²) < 4.78 is 27.1. The molecule has 0 aliphatic carbocycles. The van der Waals surface area contributed by atoms with Gasteiger partial charge in [-0.25, -0.2) is 8.78 Å². The van der Waals surface area contributed by atoms with E-state index in [1.807, 2.05) is 44.1 Å². The summed E-state index contributed by atoms with van der Waals surface area (Å²) in [6.45, 7) is 2.09. The first kappa shape index (κ1) is 14.3. The Morgan fingerprint density at radius 3 is 2.25 bits per heavy atom. The summed E-state index contributed by atoms with van der Waals surface area (Å²) in [4.78, 5) is 2.01. The van der Waals surface area contributed by atoms with Gasteiger partial charge in [-0.05, 0) is 42.8 Å². The molecule has 0 unspecified atom stereocenters. The number of hydrogen-bond donors (Lipinski definition) is 1. The van der Waals surface area contributed by atoms with Gasteiger partial charge in [-0.1, -0.05) is 6.07 Å². The molecule has 0 aliphatic heterocycles. The Morgan fingerprint density at radius 2 is 1.70 bits per heavy atom. The molecule has 0 atom stereocenters. The fraction of sp³-hybridized carbons (Fsp3) is 0.250. The van der Waals surface area contributed by atoms with Gasteiger partial charge in [-0.3, -0.25) is 0 Å². The van der Waals surface area contributed by atoms with E-state index >= 15 is 0 Å². The molecule has 0 heterocycles. The quantitative estimate of drug-likeness (QED) is 0.909. The van der Waals surface area contributed by atoms with Crippen molar-refractivity contribution in [2.45, 2.75) is 13.5 Å². The smallest absolute Gasteiger partial charge is 0.131 e. The number of aryl methyl sites for hydroxylation is 1. The van der Waals surface area contributed by atoms with Gasteiger partial charge in [0.05, 0.1) is 0 Å². The second kappa shape index (κ2) is 5.90. The summed E-state index contributed by atoms with van der Waals surface area (Å²) in [5.74, 6) is -1.06. The molecule has 0 saturated heterocycles. The van der Waals surface area contributed by atoms with Crippen molar-refractivity contribution in [3.8, 4) is 0 Å². The van der Waals surface area contributed by atoms with Crippen molar-refractivity contribution in [2.75, 3.05) is 24.3 Å². The molecule has 20 heavy (non-hydrogen) atoms. The Kier molecular flexibility index (Phi) is 4.23. The molecule has 106 valence electrons. The van der Waals surface area contributed by atoms with Crippen molar-refractivity contribution in [3.63, 3.8) is 0 Å². The highest BCUT2D eigenvalue weighted by Gasteiger charge is 2.08. The van der Waals surface area contributed by atoms with Crippen LogP contribution >= 0.6 is 0 Å². The first-order chi connectivity index (χ1) is 9.49. The molecule has 4 heteroatoms. The lowest BCUT2D eigenvalue weighted by molar-refractivity contribution is 0.560. The van der Waals surface area contributed by atoms with Crippen LogP contribution in [0.3, 0.4) is 0 Å². The molecule has 1 N–H and O–H groups in total. The van der Waals surface area contributed by atoms with Crippen LogP contribution in [0.4, 0.5) is 20.2 Å². The lowest BCUT2D eigenvalue weighted by Gasteiger charge is -2.16. The molecule has 0 fully saturated rings. The fourth-order valence-electron chi connectivity index (χ4n) is 2.01. The predicted octanol–water partition coefficient (Wildman–Crippen LogP) is 3.95. The number of nitrogens with one attached hydrogen (secondary N) is 1. The van der Waals surface area contributed by atoms with Gasteiger partial charge in [0.15, 0.2) is 0 Å². The Balaban J connectivity index is 2.15. The van der Waals surface area contributed by atoms with Crippen molar-refractivity contribution < 1.29 is 8.78 Å². The third kappa shape index (κ3) is 3.07. The molecule has 0 saturated carbocycles. The van der Waals surface area contributed by atoms with Crippen LogP contribution in [0, 0.1) is 18.6 Å². The average Bonchev–Trinajstić information content (AvgIpc) is 2.39. The molecule has 0 radical (unpaired) electrons. The molecule has 2 aromatic rings. The fourth-order valence-corrected chi connectivity index (χ4v) is 2.01. The minimum absolute atomic E-state index is 0.0589. The molecule has 2 rings (SSSR count). The Labute approximate surface area is 118 Å². The maximum Gasteiger partial charge on any atom is 0.131 e. The van der Waals surface area contributed by atoms with Crippen molar-refractivity contribution in [3.05, 3.63) is 59.2 Å². The molecule has 2 aromatic carbocycles. The van der Waals surface area contributed by atoms with E-state index in [9.17, 15) is 8.78 Å². The zero-order valence-electron chi connectivity index (χ0n) is 11.9. The number of anilines is 2. The molecule has 0 amide bonds. The van der Waals surface area contributed by atoms with Crippen molar-refractivity contribution in [1.29, 1.82) is 0 Å². The summed E-state index contributed by atoms with van der Waals surface area (Å²) in [6.07, 6.45) is 0. The monoisotopic (exact) mass is 276 g/mol. The van der Waals surface area contributed by atoms with Gasteiger partial charge in [0.2, 0.25) is 0 Å². The summed E-state index contributed by atoms with van der Waals surface area (Å²) in [5.41, 5.74) is 3.06. The maximum atomic E-state index is 13.5. The molecular weight excluding hydrogens is 258 g/mol. The Morgan fingerprint density at radius 1 is 1.05 bits per heavy atom. The SMILES string of the molecule is Cc1cc(N(C)C)ccc1NCc1c(F)cccc1F. The van der Waals surface area contributed by atoms with E-state index < -0.39 is 11.6 Å². The van der Waals surface area contributed by atoms with E-state index in [1.54, 1.807) is 0 Å². The molecule has 0 aliphatic rings. The summed E-state index contributed by atoms with van der Waals surface area (Å²) in [6, 6.07) is 9.81. The average molecular weight is 276 g/mol. The van der Waals surface area contributed by atoms with Gasteiger partial charge in [-0.15, -0.1) is 0 Å². The van der Waals surface area contributed by atoms with Crippen molar-refractivity contribution in [1.82, 2.24) is 0 Å². The summed E-state index contributed by atoms with van der Waals surface area (Å²) in [5, 5.41) is 3.08. The van der Waals surface area contributed by atoms with E-state index in [4.69, 9.17) is 0 Å². The van der Waals surface area contributed by atoms with Crippen LogP contribution in [-0.4, -0.2) is 14.1 Å². The van der Waals surface area contributed by atoms with Crippen molar-refractivity contribution >= 4 is 11.4 Å². The highest BCUT2D eigenvalue weighted by Crippen LogP contribution is 2.22. The second-order valence-electron chi connectivity index (χ2n) is 4.95. The third-order valence-electron chi connectivity index (χ3n) is 3.24. The van der Waals surface area contributed by atoms with Crippen LogP contribution < -0.4 is 10.2 Å². The highest BCUT2D eigenvalue weighted by molar-refractivity contribution is 5.59. The van der Waals surface area contributed by atoms with Crippen LogP contribution in [0.2, 0.25) is 0 Å². The highest BCUT2D eigenvalue weighted by atomic mass is 19.1. The minimum atomic E-state index is -0.528. The Bertz CT molecular complexity index is 589. The third-order valence-corrected chi connectivity index (χ3v) is 3.24. The topological polar surface area (TPSA) is 15.3 Å². The predicted molar refractivity (Wildman–Crippen MR) is 79.2 cm³/mol. The number of hydrogen-bond acceptors (Lipinski definition) is 2. The van der Waals surface area contributed by atoms with E-state index in [1.165, 1.54) is 18.2 Å². The second-order valence-corrected chi connectivity index (χ2v) is 4.95. The van der Waals surface area contributed by atoms with Crippen LogP contribution in [0.5, 0.6) is 0 Å². The lowest BCUT2D eigenvalue weighted by Crippen LogP contribution is -2.10. The van der Waals surface area contributed by atoms with Crippen LogP contribution in [-0.2, 0) is 6.54 Å². The number of rotatable bonds is 4. The van der Waals surface area contributed by atoms with E-state index in [0.717, 1.165) is 16.9 Å². The summed E-state index contributed by atoms with van der Waals surface area (Å²) >= 11 is 0. The first-order valence-corrected chi connectivity index (χ1v) is 6.44.